The number of rotatable bonds is 17. The van der Waals surface area contributed by atoms with Crippen LogP contribution in [0.4, 0.5) is 0 Å². The van der Waals surface area contributed by atoms with E-state index in [-0.39, 0.29) is 5.97 Å². The van der Waals surface area contributed by atoms with Crippen molar-refractivity contribution in [1.29, 1.82) is 0 Å². The summed E-state index contributed by atoms with van der Waals surface area (Å²) in [7, 11) is 0. The van der Waals surface area contributed by atoms with E-state index < -0.39 is 0 Å². The van der Waals surface area contributed by atoms with Crippen LogP contribution < -0.4 is 5.32 Å². The monoisotopic (exact) mass is 380 g/mol. The average Bonchev–Trinajstić information content (AvgIpc) is 2.70. The number of carbonyl (C=O) groups is 1. The Morgan fingerprint density at radius 1 is 0.852 bits per heavy atom. The van der Waals surface area contributed by atoms with Crippen molar-refractivity contribution < 1.29 is 9.53 Å². The van der Waals surface area contributed by atoms with Gasteiger partial charge < -0.3 is 10.1 Å². The normalized spacial score (nSPS) is 15.4. The summed E-state index contributed by atoms with van der Waals surface area (Å²) in [6.07, 6.45) is 22.0. The van der Waals surface area contributed by atoms with Crippen LogP contribution in [-0.4, -0.2) is 43.8 Å². The summed E-state index contributed by atoms with van der Waals surface area (Å²) < 4.78 is 5.35. The third-order valence-electron chi connectivity index (χ3n) is 5.26. The largest absolute Gasteiger partial charge is 0.449 e. The number of esters is 1. The molecule has 0 radical (unpaired) electrons. The Bertz CT molecular complexity index is 365. The van der Waals surface area contributed by atoms with Crippen LogP contribution in [0.5, 0.6) is 0 Å². The van der Waals surface area contributed by atoms with Crippen molar-refractivity contribution in [3.63, 3.8) is 0 Å². The zero-order valence-electron chi connectivity index (χ0n) is 17.9. The van der Waals surface area contributed by atoms with Crippen molar-refractivity contribution in [2.45, 2.75) is 96.8 Å². The summed E-state index contributed by atoms with van der Waals surface area (Å²) in [6.45, 7) is 6.66. The Hall–Kier alpha value is -0.870. The first-order chi connectivity index (χ1) is 13.3. The molecule has 0 saturated carbocycles. The predicted molar refractivity (Wildman–Crippen MR) is 115 cm³/mol. The molecule has 0 aliphatic carbocycles. The van der Waals surface area contributed by atoms with Gasteiger partial charge in [-0.15, -0.1) is 0 Å². The van der Waals surface area contributed by atoms with Crippen LogP contribution in [0.2, 0.25) is 0 Å². The third-order valence-corrected chi connectivity index (χ3v) is 5.26. The van der Waals surface area contributed by atoms with Crippen molar-refractivity contribution in [3.8, 4) is 0 Å². The lowest BCUT2D eigenvalue weighted by molar-refractivity contribution is -0.148. The minimum atomic E-state index is -0.0360. The molecule has 1 rings (SSSR count). The van der Waals surface area contributed by atoms with Crippen molar-refractivity contribution in [2.75, 3.05) is 32.9 Å². The second kappa shape index (κ2) is 18.5. The molecule has 1 N–H and O–H groups in total. The Balaban J connectivity index is 1.78. The van der Waals surface area contributed by atoms with Gasteiger partial charge in [0.15, 0.2) is 0 Å². The van der Waals surface area contributed by atoms with Gasteiger partial charge in [-0.1, -0.05) is 70.4 Å². The topological polar surface area (TPSA) is 41.6 Å². The molecule has 1 aliphatic rings. The summed E-state index contributed by atoms with van der Waals surface area (Å²) in [4.78, 5) is 13.9. The zero-order chi connectivity index (χ0) is 19.4. The Labute approximate surface area is 168 Å². The zero-order valence-corrected chi connectivity index (χ0v) is 17.9. The molecular weight excluding hydrogens is 336 g/mol. The first-order valence-corrected chi connectivity index (χ1v) is 11.6. The van der Waals surface area contributed by atoms with E-state index in [0.29, 0.717) is 13.2 Å². The van der Waals surface area contributed by atoms with E-state index in [9.17, 15) is 4.79 Å². The Morgan fingerprint density at radius 2 is 1.41 bits per heavy atom. The minimum Gasteiger partial charge on any atom is -0.449 e. The molecule has 0 aromatic heterocycles. The number of hydrogen-bond acceptors (Lipinski definition) is 4. The summed E-state index contributed by atoms with van der Waals surface area (Å²) in [5.74, 6) is -0.0360. The van der Waals surface area contributed by atoms with Crippen LogP contribution >= 0.6 is 0 Å². The highest BCUT2D eigenvalue weighted by Gasteiger charge is 2.11. The summed E-state index contributed by atoms with van der Waals surface area (Å²) >= 11 is 0. The fourth-order valence-electron chi connectivity index (χ4n) is 3.42. The van der Waals surface area contributed by atoms with E-state index in [1.807, 2.05) is 0 Å². The molecule has 1 aliphatic heterocycles. The number of allylic oxidation sites excluding steroid dienone is 2. The first kappa shape index (κ1) is 24.2. The van der Waals surface area contributed by atoms with Crippen LogP contribution in [0.25, 0.3) is 0 Å². The fraction of sp³-hybridized carbons (Fsp3) is 0.870. The molecule has 0 aromatic carbocycles. The number of unbranched alkanes of at least 4 members (excludes halogenated alkanes) is 11. The summed E-state index contributed by atoms with van der Waals surface area (Å²) in [6, 6.07) is 0. The molecule has 158 valence electrons. The average molecular weight is 381 g/mol. The predicted octanol–water partition coefficient (Wildman–Crippen LogP) is 5.43. The van der Waals surface area contributed by atoms with Crippen LogP contribution in [0.1, 0.15) is 96.8 Å². The maximum absolute atomic E-state index is 11.7. The molecule has 1 saturated heterocycles. The van der Waals surface area contributed by atoms with Crippen molar-refractivity contribution >= 4 is 5.97 Å². The highest BCUT2D eigenvalue weighted by molar-refractivity contribution is 5.69. The minimum absolute atomic E-state index is 0.0360. The Morgan fingerprint density at radius 3 is 2.04 bits per heavy atom. The number of piperazine rings is 1. The number of carbonyl (C=O) groups excluding carboxylic acids is 1. The SMILES string of the molecule is CCCCCCCC/C=C\CCCCCCCC(=O)OCN1CCNCC1. The highest BCUT2D eigenvalue weighted by atomic mass is 16.5. The molecule has 0 bridgehead atoms. The molecule has 27 heavy (non-hydrogen) atoms. The third kappa shape index (κ3) is 15.8. The van der Waals surface area contributed by atoms with Gasteiger partial charge >= 0.3 is 5.97 Å². The van der Waals surface area contributed by atoms with Crippen LogP contribution in [0.3, 0.4) is 0 Å². The van der Waals surface area contributed by atoms with Crippen LogP contribution in [-0.2, 0) is 9.53 Å². The van der Waals surface area contributed by atoms with E-state index in [0.717, 1.165) is 39.0 Å². The van der Waals surface area contributed by atoms with Gasteiger partial charge in [-0.25, -0.2) is 0 Å². The van der Waals surface area contributed by atoms with Gasteiger partial charge in [-0.05, 0) is 32.1 Å². The number of nitrogens with zero attached hydrogens (tertiary/aromatic N) is 1. The lowest BCUT2D eigenvalue weighted by atomic mass is 10.1. The molecule has 0 atom stereocenters. The van der Waals surface area contributed by atoms with Gasteiger partial charge in [-0.2, -0.15) is 0 Å². The first-order valence-electron chi connectivity index (χ1n) is 11.6. The molecular formula is C23H44N2O2. The van der Waals surface area contributed by atoms with Gasteiger partial charge in [0.25, 0.3) is 0 Å². The van der Waals surface area contributed by atoms with E-state index in [1.165, 1.54) is 70.6 Å². The number of ether oxygens (including phenoxy) is 1. The van der Waals surface area contributed by atoms with E-state index in [4.69, 9.17) is 4.74 Å². The molecule has 0 unspecified atom stereocenters. The van der Waals surface area contributed by atoms with E-state index in [2.05, 4.69) is 29.3 Å². The number of hydrogen-bond donors (Lipinski definition) is 1. The molecule has 0 spiro atoms. The standard InChI is InChI=1S/C23H44N2O2/c1-2-3-4-5-6-7-8-9-10-11-12-13-14-15-16-17-23(26)27-22-25-20-18-24-19-21-25/h9-10,24H,2-8,11-22H2,1H3/b10-9-. The quantitative estimate of drug-likeness (QED) is 0.207. The maximum Gasteiger partial charge on any atom is 0.307 e. The second-order valence-electron chi connectivity index (χ2n) is 7.85. The van der Waals surface area contributed by atoms with E-state index in [1.54, 1.807) is 0 Å². The number of nitrogens with one attached hydrogen (secondary N) is 1. The van der Waals surface area contributed by atoms with E-state index >= 15 is 0 Å². The van der Waals surface area contributed by atoms with Crippen molar-refractivity contribution in [2.24, 2.45) is 0 Å². The molecule has 4 nitrogen and oxygen atoms in total. The van der Waals surface area contributed by atoms with Gasteiger partial charge in [0.2, 0.25) is 0 Å². The van der Waals surface area contributed by atoms with Crippen LogP contribution in [0, 0.1) is 0 Å². The van der Waals surface area contributed by atoms with Crippen molar-refractivity contribution in [1.82, 2.24) is 10.2 Å². The lowest BCUT2D eigenvalue weighted by Crippen LogP contribution is -2.44. The fourth-order valence-corrected chi connectivity index (χ4v) is 3.42. The molecule has 1 heterocycles. The van der Waals surface area contributed by atoms with Gasteiger partial charge in [-0.3, -0.25) is 9.69 Å². The van der Waals surface area contributed by atoms with Gasteiger partial charge in [0.1, 0.15) is 6.73 Å². The molecule has 0 amide bonds. The summed E-state index contributed by atoms with van der Waals surface area (Å²) in [5.41, 5.74) is 0. The summed E-state index contributed by atoms with van der Waals surface area (Å²) in [5, 5.41) is 3.30. The molecule has 0 aromatic rings. The Kier molecular flexibility index (Phi) is 16.6. The second-order valence-corrected chi connectivity index (χ2v) is 7.85. The van der Waals surface area contributed by atoms with Crippen molar-refractivity contribution in [3.05, 3.63) is 12.2 Å². The molecule has 4 heteroatoms. The maximum atomic E-state index is 11.7. The smallest absolute Gasteiger partial charge is 0.307 e. The molecule has 1 fully saturated rings. The van der Waals surface area contributed by atoms with Crippen LogP contribution in [0.15, 0.2) is 12.2 Å². The van der Waals surface area contributed by atoms with Gasteiger partial charge in [0.05, 0.1) is 0 Å². The van der Waals surface area contributed by atoms with Gasteiger partial charge in [0, 0.05) is 32.6 Å². The highest BCUT2D eigenvalue weighted by Crippen LogP contribution is 2.10. The lowest BCUT2D eigenvalue weighted by Gasteiger charge is -2.26.